The molecule has 2 atom stereocenters. The van der Waals surface area contributed by atoms with Crippen LogP contribution in [0, 0.1) is 0 Å². The van der Waals surface area contributed by atoms with Crippen molar-refractivity contribution >= 4 is 17.5 Å². The first-order valence-electron chi connectivity index (χ1n) is 10.1. The molecule has 3 heterocycles. The number of likely N-dealkylation sites (N-methyl/N-ethyl adjacent to an activating group) is 1. The van der Waals surface area contributed by atoms with Crippen LogP contribution in [0.2, 0.25) is 0 Å². The maximum absolute atomic E-state index is 12.9. The summed E-state index contributed by atoms with van der Waals surface area (Å²) >= 11 is 0. The van der Waals surface area contributed by atoms with E-state index in [-0.39, 0.29) is 18.0 Å². The van der Waals surface area contributed by atoms with Gasteiger partial charge in [0.25, 0.3) is 0 Å². The Kier molecular flexibility index (Phi) is 4.39. The average Bonchev–Trinajstić information content (AvgIpc) is 3.34. The van der Waals surface area contributed by atoms with E-state index in [0.717, 1.165) is 49.6 Å². The molecule has 0 bridgehead atoms. The standard InChI is InChI=1S/C21H26N6O/c1-26-12-19(28)27(15-8-9-22-10-15)11-17-20(23-13-24-21(17)26)25-18-7-6-14-4-2-3-5-16(14)18/h2-5,13,15,18,22H,6-12H2,1H3,(H,23,24,25). The third-order valence-corrected chi connectivity index (χ3v) is 6.22. The summed E-state index contributed by atoms with van der Waals surface area (Å²) in [6, 6.07) is 9.10. The van der Waals surface area contributed by atoms with Crippen molar-refractivity contribution in [3.8, 4) is 0 Å². The zero-order valence-corrected chi connectivity index (χ0v) is 16.2. The van der Waals surface area contributed by atoms with Gasteiger partial charge in [-0.2, -0.15) is 0 Å². The summed E-state index contributed by atoms with van der Waals surface area (Å²) in [5.41, 5.74) is 3.78. The lowest BCUT2D eigenvalue weighted by molar-refractivity contribution is -0.132. The molecule has 5 rings (SSSR count). The Labute approximate surface area is 165 Å². The first kappa shape index (κ1) is 17.4. The number of aromatic nitrogens is 2. The fourth-order valence-electron chi connectivity index (χ4n) is 4.74. The summed E-state index contributed by atoms with van der Waals surface area (Å²) in [7, 11) is 1.94. The SMILES string of the molecule is CN1CC(=O)N(C2CCNC2)Cc2c(NC3CCc4ccccc43)ncnc21. The smallest absolute Gasteiger partial charge is 0.242 e. The molecule has 1 aromatic heterocycles. The van der Waals surface area contributed by atoms with E-state index >= 15 is 0 Å². The second-order valence-electron chi connectivity index (χ2n) is 7.98. The third-order valence-electron chi connectivity index (χ3n) is 6.22. The fourth-order valence-corrected chi connectivity index (χ4v) is 4.74. The Bertz CT molecular complexity index is 894. The van der Waals surface area contributed by atoms with E-state index in [1.165, 1.54) is 11.1 Å². The van der Waals surface area contributed by atoms with Crippen molar-refractivity contribution in [1.29, 1.82) is 0 Å². The van der Waals surface area contributed by atoms with Crippen molar-refractivity contribution in [1.82, 2.24) is 20.2 Å². The monoisotopic (exact) mass is 378 g/mol. The molecule has 2 aromatic rings. The van der Waals surface area contributed by atoms with Gasteiger partial charge in [0, 0.05) is 19.6 Å². The molecular weight excluding hydrogens is 352 g/mol. The number of anilines is 2. The minimum absolute atomic E-state index is 0.159. The molecule has 7 nitrogen and oxygen atoms in total. The first-order valence-corrected chi connectivity index (χ1v) is 10.1. The highest BCUT2D eigenvalue weighted by Crippen LogP contribution is 2.36. The van der Waals surface area contributed by atoms with Gasteiger partial charge in [-0.15, -0.1) is 0 Å². The molecule has 1 fully saturated rings. The van der Waals surface area contributed by atoms with Gasteiger partial charge in [-0.3, -0.25) is 4.79 Å². The van der Waals surface area contributed by atoms with Crippen molar-refractivity contribution in [2.75, 3.05) is 36.9 Å². The largest absolute Gasteiger partial charge is 0.363 e. The molecule has 146 valence electrons. The lowest BCUT2D eigenvalue weighted by Gasteiger charge is -2.27. The molecule has 1 amide bonds. The Morgan fingerprint density at radius 3 is 2.93 bits per heavy atom. The summed E-state index contributed by atoms with van der Waals surface area (Å²) in [6.07, 6.45) is 4.75. The highest BCUT2D eigenvalue weighted by atomic mass is 16.2. The highest BCUT2D eigenvalue weighted by Gasteiger charge is 2.33. The maximum Gasteiger partial charge on any atom is 0.242 e. The van der Waals surface area contributed by atoms with Crippen LogP contribution in [0.4, 0.5) is 11.6 Å². The van der Waals surface area contributed by atoms with Crippen LogP contribution in [0.3, 0.4) is 0 Å². The molecule has 0 radical (unpaired) electrons. The van der Waals surface area contributed by atoms with E-state index < -0.39 is 0 Å². The van der Waals surface area contributed by atoms with Crippen LogP contribution in [0.15, 0.2) is 30.6 Å². The molecule has 0 spiro atoms. The van der Waals surface area contributed by atoms with Crippen LogP contribution in [-0.4, -0.2) is 53.5 Å². The number of nitrogens with zero attached hydrogens (tertiary/aromatic N) is 4. The summed E-state index contributed by atoms with van der Waals surface area (Å²) in [5, 5.41) is 7.04. The van der Waals surface area contributed by atoms with E-state index in [2.05, 4.69) is 44.9 Å². The first-order chi connectivity index (χ1) is 13.7. The zero-order valence-electron chi connectivity index (χ0n) is 16.2. The van der Waals surface area contributed by atoms with E-state index in [1.807, 2.05) is 16.8 Å². The van der Waals surface area contributed by atoms with Gasteiger partial charge in [0.05, 0.1) is 24.7 Å². The summed E-state index contributed by atoms with van der Waals surface area (Å²) in [4.78, 5) is 26.0. The van der Waals surface area contributed by atoms with Gasteiger partial charge in [-0.25, -0.2) is 9.97 Å². The average molecular weight is 378 g/mol. The Morgan fingerprint density at radius 1 is 1.18 bits per heavy atom. The van der Waals surface area contributed by atoms with Crippen molar-refractivity contribution in [3.05, 3.63) is 47.3 Å². The van der Waals surface area contributed by atoms with Gasteiger partial charge in [-0.1, -0.05) is 24.3 Å². The lowest BCUT2D eigenvalue weighted by Crippen LogP contribution is -2.43. The van der Waals surface area contributed by atoms with Crippen LogP contribution in [-0.2, 0) is 17.8 Å². The van der Waals surface area contributed by atoms with Crippen molar-refractivity contribution in [3.63, 3.8) is 0 Å². The van der Waals surface area contributed by atoms with Crippen LogP contribution in [0.5, 0.6) is 0 Å². The molecule has 1 saturated heterocycles. The van der Waals surface area contributed by atoms with E-state index in [9.17, 15) is 4.79 Å². The van der Waals surface area contributed by atoms with Gasteiger partial charge >= 0.3 is 0 Å². The van der Waals surface area contributed by atoms with Crippen molar-refractivity contribution in [2.45, 2.75) is 37.9 Å². The summed E-state index contributed by atoms with van der Waals surface area (Å²) in [6.45, 7) is 2.73. The number of carbonyl (C=O) groups excluding carboxylic acids is 1. The van der Waals surface area contributed by atoms with Crippen molar-refractivity contribution < 1.29 is 4.79 Å². The molecule has 2 unspecified atom stereocenters. The molecule has 1 aromatic carbocycles. The molecular formula is C21H26N6O. The second-order valence-corrected chi connectivity index (χ2v) is 7.98. The number of benzene rings is 1. The lowest BCUT2D eigenvalue weighted by atomic mass is 10.1. The molecule has 3 aliphatic rings. The molecule has 2 N–H and O–H groups in total. The minimum atomic E-state index is 0.159. The quantitative estimate of drug-likeness (QED) is 0.847. The van der Waals surface area contributed by atoms with Crippen LogP contribution in [0.25, 0.3) is 0 Å². The van der Waals surface area contributed by atoms with Gasteiger partial charge < -0.3 is 20.4 Å². The van der Waals surface area contributed by atoms with E-state index in [1.54, 1.807) is 6.33 Å². The number of aryl methyl sites for hydroxylation is 1. The van der Waals surface area contributed by atoms with E-state index in [4.69, 9.17) is 0 Å². The summed E-state index contributed by atoms with van der Waals surface area (Å²) < 4.78 is 0. The second kappa shape index (κ2) is 7.05. The number of fused-ring (bicyclic) bond motifs is 2. The topological polar surface area (TPSA) is 73.4 Å². The number of hydrogen-bond acceptors (Lipinski definition) is 6. The normalized spacial score (nSPS) is 24.1. The number of amides is 1. The highest BCUT2D eigenvalue weighted by molar-refractivity contribution is 5.84. The number of carbonyl (C=O) groups is 1. The predicted octanol–water partition coefficient (Wildman–Crippen LogP) is 1.72. The van der Waals surface area contributed by atoms with Crippen LogP contribution >= 0.6 is 0 Å². The van der Waals surface area contributed by atoms with Gasteiger partial charge in [0.15, 0.2) is 0 Å². The number of nitrogens with one attached hydrogen (secondary N) is 2. The Balaban J connectivity index is 1.48. The Morgan fingerprint density at radius 2 is 2.07 bits per heavy atom. The molecule has 1 aliphatic carbocycles. The van der Waals surface area contributed by atoms with Gasteiger partial charge in [0.2, 0.25) is 5.91 Å². The van der Waals surface area contributed by atoms with Crippen LogP contribution < -0.4 is 15.5 Å². The fraction of sp³-hybridized carbons (Fsp3) is 0.476. The molecule has 28 heavy (non-hydrogen) atoms. The Hall–Kier alpha value is -2.67. The van der Waals surface area contributed by atoms with Gasteiger partial charge in [-0.05, 0) is 36.9 Å². The van der Waals surface area contributed by atoms with Crippen molar-refractivity contribution in [2.24, 2.45) is 0 Å². The predicted molar refractivity (Wildman–Crippen MR) is 108 cm³/mol. The zero-order chi connectivity index (χ0) is 19.1. The third kappa shape index (κ3) is 2.99. The minimum Gasteiger partial charge on any atom is -0.363 e. The number of hydrogen-bond donors (Lipinski definition) is 2. The maximum atomic E-state index is 12.9. The molecule has 2 aliphatic heterocycles. The van der Waals surface area contributed by atoms with Crippen LogP contribution in [0.1, 0.15) is 35.6 Å². The number of rotatable bonds is 3. The summed E-state index contributed by atoms with van der Waals surface area (Å²) in [5.74, 6) is 1.86. The molecule has 0 saturated carbocycles. The van der Waals surface area contributed by atoms with E-state index in [0.29, 0.717) is 13.1 Å². The van der Waals surface area contributed by atoms with Gasteiger partial charge in [0.1, 0.15) is 18.0 Å². The molecule has 7 heteroatoms.